The van der Waals surface area contributed by atoms with E-state index >= 15 is 0 Å². The Morgan fingerprint density at radius 3 is 2.40 bits per heavy atom. The number of sulfone groups is 1. The second-order valence-corrected chi connectivity index (χ2v) is 7.05. The van der Waals surface area contributed by atoms with E-state index in [9.17, 15) is 18.0 Å². The molecule has 0 bridgehead atoms. The van der Waals surface area contributed by atoms with Crippen LogP contribution in [-0.4, -0.2) is 36.9 Å². The largest absolute Gasteiger partial charge is 0.478 e. The topological polar surface area (TPSA) is 101 Å². The summed E-state index contributed by atoms with van der Waals surface area (Å²) in [7, 11) is -3.06. The van der Waals surface area contributed by atoms with Crippen molar-refractivity contribution in [2.45, 2.75) is 13.0 Å². The summed E-state index contributed by atoms with van der Waals surface area (Å²) in [6.45, 7) is 0.259. The number of carbonyl (C=O) groups excluding carboxylic acids is 1. The Labute approximate surface area is 116 Å². The summed E-state index contributed by atoms with van der Waals surface area (Å²) >= 11 is 0. The lowest BCUT2D eigenvalue weighted by atomic mass is 10.1. The molecule has 1 aromatic carbocycles. The molecular formula is C13H15NO5S. The van der Waals surface area contributed by atoms with Crippen LogP contribution in [0.1, 0.15) is 22.3 Å². The van der Waals surface area contributed by atoms with E-state index in [4.69, 9.17) is 5.11 Å². The van der Waals surface area contributed by atoms with Crippen LogP contribution in [0.4, 0.5) is 0 Å². The number of amides is 1. The summed E-state index contributed by atoms with van der Waals surface area (Å²) in [4.78, 5) is 22.5. The van der Waals surface area contributed by atoms with Crippen molar-refractivity contribution < 1.29 is 23.1 Å². The number of aromatic carboxylic acids is 1. The SMILES string of the molecule is O=C(O)c1ccc(CNC(=O)[C@H]2CCS(=O)(=O)C2)cc1. The van der Waals surface area contributed by atoms with Gasteiger partial charge in [0, 0.05) is 6.54 Å². The van der Waals surface area contributed by atoms with Gasteiger partial charge in [-0.25, -0.2) is 13.2 Å². The number of rotatable bonds is 4. The molecule has 0 aliphatic carbocycles. The molecule has 0 radical (unpaired) electrons. The van der Waals surface area contributed by atoms with Crippen LogP contribution in [0.5, 0.6) is 0 Å². The van der Waals surface area contributed by atoms with Crippen molar-refractivity contribution in [3.8, 4) is 0 Å². The zero-order chi connectivity index (χ0) is 14.8. The molecule has 1 heterocycles. The minimum atomic E-state index is -3.06. The first-order valence-corrected chi connectivity index (χ1v) is 8.00. The lowest BCUT2D eigenvalue weighted by molar-refractivity contribution is -0.124. The number of carbonyl (C=O) groups is 2. The Balaban J connectivity index is 1.89. The van der Waals surface area contributed by atoms with Crippen LogP contribution in [0.25, 0.3) is 0 Å². The molecule has 0 aromatic heterocycles. The Bertz CT molecular complexity index is 621. The molecule has 1 atom stereocenters. The van der Waals surface area contributed by atoms with Crippen LogP contribution in [0.15, 0.2) is 24.3 Å². The van der Waals surface area contributed by atoms with Gasteiger partial charge in [-0.2, -0.15) is 0 Å². The molecule has 1 fully saturated rings. The van der Waals surface area contributed by atoms with E-state index in [1.165, 1.54) is 12.1 Å². The Morgan fingerprint density at radius 2 is 1.90 bits per heavy atom. The van der Waals surface area contributed by atoms with Gasteiger partial charge >= 0.3 is 5.97 Å². The van der Waals surface area contributed by atoms with Gasteiger partial charge < -0.3 is 10.4 Å². The van der Waals surface area contributed by atoms with E-state index in [2.05, 4.69) is 5.32 Å². The standard InChI is InChI=1S/C13H15NO5S/c15-12(11-5-6-20(18,19)8-11)14-7-9-1-3-10(4-2-9)13(16)17/h1-4,11H,5-8H2,(H,14,15)(H,16,17)/t11-/m0/s1. The van der Waals surface area contributed by atoms with Crippen molar-refractivity contribution in [3.05, 3.63) is 35.4 Å². The monoisotopic (exact) mass is 297 g/mol. The van der Waals surface area contributed by atoms with Crippen molar-refractivity contribution in [1.29, 1.82) is 0 Å². The fourth-order valence-corrected chi connectivity index (χ4v) is 3.84. The van der Waals surface area contributed by atoms with E-state index in [0.29, 0.717) is 6.42 Å². The van der Waals surface area contributed by atoms with Crippen LogP contribution < -0.4 is 5.32 Å². The molecule has 2 N–H and O–H groups in total. The molecule has 1 saturated heterocycles. The Hall–Kier alpha value is -1.89. The normalized spacial score (nSPS) is 20.5. The van der Waals surface area contributed by atoms with Gasteiger partial charge in [0.15, 0.2) is 9.84 Å². The van der Waals surface area contributed by atoms with Gasteiger partial charge in [-0.15, -0.1) is 0 Å². The van der Waals surface area contributed by atoms with Gasteiger partial charge in [-0.3, -0.25) is 4.79 Å². The quantitative estimate of drug-likeness (QED) is 0.839. The van der Waals surface area contributed by atoms with Crippen LogP contribution in [0.2, 0.25) is 0 Å². The smallest absolute Gasteiger partial charge is 0.335 e. The molecule has 2 rings (SSSR count). The number of hydrogen-bond donors (Lipinski definition) is 2. The van der Waals surface area contributed by atoms with Crippen molar-refractivity contribution in [2.24, 2.45) is 5.92 Å². The highest BCUT2D eigenvalue weighted by molar-refractivity contribution is 7.91. The summed E-state index contributed by atoms with van der Waals surface area (Å²) in [5, 5.41) is 11.4. The molecule has 20 heavy (non-hydrogen) atoms. The number of benzene rings is 1. The summed E-state index contributed by atoms with van der Waals surface area (Å²) in [5.74, 6) is -1.77. The Kier molecular flexibility index (Phi) is 4.08. The molecule has 1 amide bonds. The summed E-state index contributed by atoms with van der Waals surface area (Å²) < 4.78 is 22.6. The lowest BCUT2D eigenvalue weighted by Gasteiger charge is -2.09. The third-order valence-corrected chi connectivity index (χ3v) is 5.04. The van der Waals surface area contributed by atoms with E-state index in [1.807, 2.05) is 0 Å². The first-order valence-electron chi connectivity index (χ1n) is 6.18. The Morgan fingerprint density at radius 1 is 1.25 bits per heavy atom. The first kappa shape index (κ1) is 14.5. The molecule has 6 nitrogen and oxygen atoms in total. The predicted molar refractivity (Wildman–Crippen MR) is 72.0 cm³/mol. The fraction of sp³-hybridized carbons (Fsp3) is 0.385. The van der Waals surface area contributed by atoms with Gasteiger partial charge in [0.25, 0.3) is 0 Å². The van der Waals surface area contributed by atoms with Crippen LogP contribution in [0, 0.1) is 5.92 Å². The maximum absolute atomic E-state index is 11.8. The first-order chi connectivity index (χ1) is 9.37. The van der Waals surface area contributed by atoms with Crippen LogP contribution >= 0.6 is 0 Å². The maximum atomic E-state index is 11.8. The predicted octanol–water partition coefficient (Wildman–Crippen LogP) is 0.436. The summed E-state index contributed by atoms with van der Waals surface area (Å²) in [6.07, 6.45) is 0.367. The average Bonchev–Trinajstić information content (AvgIpc) is 2.77. The fourth-order valence-electron chi connectivity index (χ4n) is 2.10. The van der Waals surface area contributed by atoms with Gasteiger partial charge in [0.1, 0.15) is 0 Å². The molecule has 7 heteroatoms. The molecule has 1 aliphatic rings. The summed E-state index contributed by atoms with van der Waals surface area (Å²) in [5.41, 5.74) is 0.950. The molecule has 0 saturated carbocycles. The molecule has 1 aliphatic heterocycles. The number of carboxylic acid groups (broad SMARTS) is 1. The maximum Gasteiger partial charge on any atom is 0.335 e. The van der Waals surface area contributed by atoms with E-state index < -0.39 is 21.7 Å². The zero-order valence-corrected chi connectivity index (χ0v) is 11.5. The minimum absolute atomic E-state index is 0.0679. The van der Waals surface area contributed by atoms with Crippen LogP contribution in [0.3, 0.4) is 0 Å². The van der Waals surface area contributed by atoms with Gasteiger partial charge in [0.2, 0.25) is 5.91 Å². The highest BCUT2D eigenvalue weighted by atomic mass is 32.2. The van der Waals surface area contributed by atoms with Gasteiger partial charge in [-0.1, -0.05) is 12.1 Å². The highest BCUT2D eigenvalue weighted by Crippen LogP contribution is 2.18. The molecule has 0 unspecified atom stereocenters. The second-order valence-electron chi connectivity index (χ2n) is 4.82. The van der Waals surface area contributed by atoms with Crippen LogP contribution in [-0.2, 0) is 21.2 Å². The van der Waals surface area contributed by atoms with Crippen molar-refractivity contribution in [3.63, 3.8) is 0 Å². The van der Waals surface area contributed by atoms with E-state index in [1.54, 1.807) is 12.1 Å². The van der Waals surface area contributed by atoms with E-state index in [0.717, 1.165) is 5.56 Å². The lowest BCUT2D eigenvalue weighted by Crippen LogP contribution is -2.30. The van der Waals surface area contributed by atoms with Gasteiger partial charge in [-0.05, 0) is 24.1 Å². The van der Waals surface area contributed by atoms with E-state index in [-0.39, 0.29) is 29.5 Å². The summed E-state index contributed by atoms with van der Waals surface area (Å²) in [6, 6.07) is 6.16. The highest BCUT2D eigenvalue weighted by Gasteiger charge is 2.32. The van der Waals surface area contributed by atoms with Crippen molar-refractivity contribution in [2.75, 3.05) is 11.5 Å². The number of nitrogens with one attached hydrogen (secondary N) is 1. The number of hydrogen-bond acceptors (Lipinski definition) is 4. The molecular weight excluding hydrogens is 282 g/mol. The zero-order valence-electron chi connectivity index (χ0n) is 10.7. The molecule has 0 spiro atoms. The minimum Gasteiger partial charge on any atom is -0.478 e. The van der Waals surface area contributed by atoms with Crippen molar-refractivity contribution in [1.82, 2.24) is 5.32 Å². The molecule has 1 aromatic rings. The second kappa shape index (κ2) is 5.62. The third kappa shape index (κ3) is 3.57. The van der Waals surface area contributed by atoms with Crippen molar-refractivity contribution >= 4 is 21.7 Å². The van der Waals surface area contributed by atoms with Gasteiger partial charge in [0.05, 0.1) is 23.0 Å². The number of carboxylic acids is 1. The average molecular weight is 297 g/mol. The molecule has 108 valence electrons. The third-order valence-electron chi connectivity index (χ3n) is 3.27.